The van der Waals surface area contributed by atoms with Gasteiger partial charge in [0, 0.05) is 37.6 Å². The van der Waals surface area contributed by atoms with Crippen LogP contribution in [0.2, 0.25) is 0 Å². The molecule has 1 saturated heterocycles. The third kappa shape index (κ3) is 4.91. The van der Waals surface area contributed by atoms with Crippen molar-refractivity contribution in [2.24, 2.45) is 0 Å². The van der Waals surface area contributed by atoms with Crippen LogP contribution in [-0.2, 0) is 16.0 Å². The Bertz CT molecular complexity index is 1010. The fourth-order valence-electron chi connectivity index (χ4n) is 4.55. The fourth-order valence-corrected chi connectivity index (χ4v) is 4.55. The quantitative estimate of drug-likeness (QED) is 0.698. The maximum absolute atomic E-state index is 13.4. The Labute approximate surface area is 186 Å². The number of fused-ring (bicyclic) bond motifs is 1. The van der Waals surface area contributed by atoms with Crippen molar-refractivity contribution in [3.05, 3.63) is 59.2 Å². The van der Waals surface area contributed by atoms with Crippen LogP contribution in [0.1, 0.15) is 36.4 Å². The molecule has 8 heteroatoms. The highest BCUT2D eigenvalue weighted by molar-refractivity contribution is 6.39. The number of halogens is 2. The Morgan fingerprint density at radius 3 is 2.50 bits per heavy atom. The van der Waals surface area contributed by atoms with Crippen LogP contribution in [0.25, 0.3) is 0 Å². The lowest BCUT2D eigenvalue weighted by atomic mass is 9.96. The topological polar surface area (TPSA) is 64.7 Å². The number of carbonyl (C=O) groups is 2. The lowest BCUT2D eigenvalue weighted by Gasteiger charge is -2.31. The molecule has 1 atom stereocenters. The molecule has 6 nitrogen and oxygen atoms in total. The summed E-state index contributed by atoms with van der Waals surface area (Å²) in [7, 11) is 2.10. The second-order valence-electron chi connectivity index (χ2n) is 8.47. The van der Waals surface area contributed by atoms with E-state index in [1.807, 2.05) is 0 Å². The molecule has 0 aliphatic carbocycles. The highest BCUT2D eigenvalue weighted by Crippen LogP contribution is 2.31. The van der Waals surface area contributed by atoms with Crippen molar-refractivity contribution < 1.29 is 18.4 Å². The Kier molecular flexibility index (Phi) is 6.69. The molecule has 2 heterocycles. The number of carbonyl (C=O) groups excluding carboxylic acids is 2. The molecular weight excluding hydrogens is 414 g/mol. The van der Waals surface area contributed by atoms with Crippen LogP contribution in [0.15, 0.2) is 36.4 Å². The van der Waals surface area contributed by atoms with Crippen LogP contribution in [0.3, 0.4) is 0 Å². The van der Waals surface area contributed by atoms with Gasteiger partial charge in [0.1, 0.15) is 0 Å². The summed E-state index contributed by atoms with van der Waals surface area (Å²) < 4.78 is 26.4. The largest absolute Gasteiger partial charge is 0.374 e. The molecule has 0 saturated carbocycles. The molecule has 0 aromatic heterocycles. The van der Waals surface area contributed by atoms with E-state index in [4.69, 9.17) is 0 Å². The average Bonchev–Trinajstić information content (AvgIpc) is 3.31. The zero-order chi connectivity index (χ0) is 22.7. The average molecular weight is 443 g/mol. The van der Waals surface area contributed by atoms with Crippen LogP contribution in [-0.4, -0.2) is 49.9 Å². The Hall–Kier alpha value is -3.00. The van der Waals surface area contributed by atoms with E-state index in [1.165, 1.54) is 17.3 Å². The van der Waals surface area contributed by atoms with Gasteiger partial charge >= 0.3 is 11.8 Å². The van der Waals surface area contributed by atoms with E-state index >= 15 is 0 Å². The predicted octanol–water partition coefficient (Wildman–Crippen LogP) is 3.24. The number of hydrogen-bond donors (Lipinski definition) is 2. The molecule has 4 rings (SSSR count). The fraction of sp³-hybridized carbons (Fsp3) is 0.417. The lowest BCUT2D eigenvalue weighted by molar-refractivity contribution is -0.136. The van der Waals surface area contributed by atoms with E-state index in [9.17, 15) is 18.4 Å². The first-order valence-electron chi connectivity index (χ1n) is 11.0. The number of nitrogens with zero attached hydrogens (tertiary/aromatic N) is 2. The number of aryl methyl sites for hydroxylation is 1. The molecule has 0 radical (unpaired) electrons. The maximum Gasteiger partial charge on any atom is 0.313 e. The summed E-state index contributed by atoms with van der Waals surface area (Å²) in [5.74, 6) is -3.83. The van der Waals surface area contributed by atoms with Gasteiger partial charge in [0.25, 0.3) is 0 Å². The van der Waals surface area contributed by atoms with Gasteiger partial charge < -0.3 is 15.5 Å². The number of anilines is 2. The Balaban J connectivity index is 1.44. The monoisotopic (exact) mass is 442 g/mol. The zero-order valence-corrected chi connectivity index (χ0v) is 18.2. The second-order valence-corrected chi connectivity index (χ2v) is 8.47. The van der Waals surface area contributed by atoms with Gasteiger partial charge in [-0.2, -0.15) is 0 Å². The minimum absolute atomic E-state index is 0.0268. The minimum Gasteiger partial charge on any atom is -0.374 e. The summed E-state index contributed by atoms with van der Waals surface area (Å²) in [6.07, 6.45) is 4.36. The van der Waals surface area contributed by atoms with Crippen molar-refractivity contribution >= 4 is 23.2 Å². The Morgan fingerprint density at radius 1 is 0.969 bits per heavy atom. The van der Waals surface area contributed by atoms with Crippen molar-refractivity contribution in [1.82, 2.24) is 10.2 Å². The van der Waals surface area contributed by atoms with Gasteiger partial charge in [0.05, 0.1) is 6.04 Å². The first-order valence-corrected chi connectivity index (χ1v) is 11.0. The molecule has 32 heavy (non-hydrogen) atoms. The molecule has 0 unspecified atom stereocenters. The van der Waals surface area contributed by atoms with Gasteiger partial charge in [0.2, 0.25) is 0 Å². The molecule has 170 valence electrons. The first kappa shape index (κ1) is 22.2. The van der Waals surface area contributed by atoms with Gasteiger partial charge in [-0.3, -0.25) is 14.5 Å². The molecule has 2 aromatic carbocycles. The van der Waals surface area contributed by atoms with Crippen molar-refractivity contribution in [1.29, 1.82) is 0 Å². The summed E-state index contributed by atoms with van der Waals surface area (Å²) in [4.78, 5) is 29.3. The number of rotatable bonds is 5. The van der Waals surface area contributed by atoms with Gasteiger partial charge in [-0.05, 0) is 68.1 Å². The van der Waals surface area contributed by atoms with E-state index in [0.717, 1.165) is 63.0 Å². The molecule has 2 aromatic rings. The minimum atomic E-state index is -1.09. The predicted molar refractivity (Wildman–Crippen MR) is 120 cm³/mol. The summed E-state index contributed by atoms with van der Waals surface area (Å²) in [5.41, 5.74) is 3.71. The molecule has 2 amide bonds. The van der Waals surface area contributed by atoms with Crippen molar-refractivity contribution in [2.75, 3.05) is 43.4 Å². The van der Waals surface area contributed by atoms with Gasteiger partial charge in [-0.1, -0.05) is 12.1 Å². The van der Waals surface area contributed by atoms with E-state index < -0.39 is 23.4 Å². The molecule has 2 N–H and O–H groups in total. The van der Waals surface area contributed by atoms with Crippen LogP contribution < -0.4 is 15.5 Å². The summed E-state index contributed by atoms with van der Waals surface area (Å²) in [6.45, 7) is 3.22. The third-order valence-electron chi connectivity index (χ3n) is 6.26. The first-order chi connectivity index (χ1) is 15.4. The summed E-state index contributed by atoms with van der Waals surface area (Å²) in [6, 6.07) is 9.40. The van der Waals surface area contributed by atoms with Crippen molar-refractivity contribution in [3.8, 4) is 0 Å². The maximum atomic E-state index is 13.4. The highest BCUT2D eigenvalue weighted by atomic mass is 19.2. The number of hydrogen-bond acceptors (Lipinski definition) is 4. The molecule has 0 spiro atoms. The molecule has 0 bridgehead atoms. The molecule has 2 aliphatic rings. The smallest absolute Gasteiger partial charge is 0.313 e. The number of likely N-dealkylation sites (tertiary alicyclic amines) is 1. The van der Waals surface area contributed by atoms with Crippen molar-refractivity contribution in [2.45, 2.75) is 31.7 Å². The van der Waals surface area contributed by atoms with Crippen LogP contribution in [0, 0.1) is 11.6 Å². The number of benzene rings is 2. The Morgan fingerprint density at radius 2 is 1.75 bits per heavy atom. The van der Waals surface area contributed by atoms with Crippen molar-refractivity contribution in [3.63, 3.8) is 0 Å². The standard InChI is InChI=1S/C24H28F2N4O2/c1-29-10-4-5-16-13-17(6-9-21(16)29)22(30-11-2-3-12-30)15-27-23(31)24(32)28-18-7-8-19(25)20(26)14-18/h6-9,13-14,22H,2-5,10-12,15H2,1H3,(H,27,31)(H,28,32)/t22-/m0/s1. The van der Waals surface area contributed by atoms with Gasteiger partial charge in [-0.15, -0.1) is 0 Å². The molecular formula is C24H28F2N4O2. The van der Waals surface area contributed by atoms with E-state index in [2.05, 4.69) is 45.7 Å². The van der Waals surface area contributed by atoms with Crippen LogP contribution >= 0.6 is 0 Å². The van der Waals surface area contributed by atoms with E-state index in [0.29, 0.717) is 6.54 Å². The second kappa shape index (κ2) is 9.65. The summed E-state index contributed by atoms with van der Waals surface area (Å²) >= 11 is 0. The lowest BCUT2D eigenvalue weighted by Crippen LogP contribution is -2.41. The normalized spacial score (nSPS) is 17.0. The molecule has 2 aliphatic heterocycles. The van der Waals surface area contributed by atoms with E-state index in [-0.39, 0.29) is 11.7 Å². The van der Waals surface area contributed by atoms with E-state index in [1.54, 1.807) is 0 Å². The number of amides is 2. The third-order valence-corrected chi connectivity index (χ3v) is 6.26. The molecule has 1 fully saturated rings. The summed E-state index contributed by atoms with van der Waals surface area (Å²) in [5, 5.41) is 5.03. The number of nitrogens with one attached hydrogen (secondary N) is 2. The van der Waals surface area contributed by atoms with Crippen LogP contribution in [0.4, 0.5) is 20.2 Å². The zero-order valence-electron chi connectivity index (χ0n) is 18.2. The van der Waals surface area contributed by atoms with Crippen LogP contribution in [0.5, 0.6) is 0 Å². The SMILES string of the molecule is CN1CCCc2cc([C@H](CNC(=O)C(=O)Nc3ccc(F)c(F)c3)N3CCCC3)ccc21. The van der Waals surface area contributed by atoms with Gasteiger partial charge in [-0.25, -0.2) is 8.78 Å². The highest BCUT2D eigenvalue weighted by Gasteiger charge is 2.26. The van der Waals surface area contributed by atoms with Gasteiger partial charge in [0.15, 0.2) is 11.6 Å².